The van der Waals surface area contributed by atoms with E-state index >= 15 is 0 Å². The molecule has 0 aliphatic rings. The molecule has 10 heteroatoms. The van der Waals surface area contributed by atoms with Crippen LogP contribution in [0.25, 0.3) is 11.1 Å². The van der Waals surface area contributed by atoms with Gasteiger partial charge >= 0.3 is 18.0 Å². The predicted octanol–water partition coefficient (Wildman–Crippen LogP) is 4.31. The molecule has 0 saturated heterocycles. The van der Waals surface area contributed by atoms with Crippen LogP contribution in [-0.2, 0) is 20.8 Å². The van der Waals surface area contributed by atoms with Crippen molar-refractivity contribution in [3.8, 4) is 11.1 Å². The van der Waals surface area contributed by atoms with E-state index in [0.29, 0.717) is 0 Å². The monoisotopic (exact) mass is 454 g/mol. The minimum absolute atomic E-state index is 0.000183. The Hall–Kier alpha value is -2.84. The lowest BCUT2D eigenvalue weighted by molar-refractivity contribution is 0.0373. The molecular formula is C20H20Cl2N2O6. The van der Waals surface area contributed by atoms with Crippen molar-refractivity contribution < 1.29 is 28.6 Å². The third-order valence-corrected chi connectivity index (χ3v) is 4.78. The van der Waals surface area contributed by atoms with Crippen molar-refractivity contribution in [2.45, 2.75) is 33.5 Å². The number of esters is 2. The molecule has 0 atom stereocenters. The molecule has 1 aromatic heterocycles. The molecule has 0 spiro atoms. The largest absolute Gasteiger partial charge is 0.465 e. The molecule has 0 aliphatic heterocycles. The number of hydrogen-bond donors (Lipinski definition) is 1. The van der Waals surface area contributed by atoms with E-state index in [1.165, 1.54) is 7.11 Å². The number of pyridine rings is 1. The van der Waals surface area contributed by atoms with Gasteiger partial charge in [-0.1, -0.05) is 35.3 Å². The Labute approximate surface area is 183 Å². The van der Waals surface area contributed by atoms with E-state index in [1.54, 1.807) is 39.0 Å². The van der Waals surface area contributed by atoms with Crippen molar-refractivity contribution in [2.24, 2.45) is 5.73 Å². The summed E-state index contributed by atoms with van der Waals surface area (Å²) in [5.41, 5.74) is 5.60. The van der Waals surface area contributed by atoms with Gasteiger partial charge in [0.1, 0.15) is 6.61 Å². The summed E-state index contributed by atoms with van der Waals surface area (Å²) in [5.74, 6) is -1.54. The number of halogens is 2. The third kappa shape index (κ3) is 5.01. The summed E-state index contributed by atoms with van der Waals surface area (Å²) >= 11 is 12.6. The number of methoxy groups -OCH3 is 1. The average Bonchev–Trinajstić information content (AvgIpc) is 2.66. The Morgan fingerprint density at radius 2 is 1.80 bits per heavy atom. The Morgan fingerprint density at radius 3 is 2.37 bits per heavy atom. The van der Waals surface area contributed by atoms with Crippen molar-refractivity contribution in [3.05, 3.63) is 50.8 Å². The first kappa shape index (κ1) is 23.4. The zero-order chi connectivity index (χ0) is 22.6. The Bertz CT molecular complexity index is 1010. The maximum atomic E-state index is 13.0. The van der Waals surface area contributed by atoms with E-state index in [-0.39, 0.29) is 43.7 Å². The van der Waals surface area contributed by atoms with Crippen molar-refractivity contribution >= 4 is 41.2 Å². The fourth-order valence-electron chi connectivity index (χ4n) is 2.82. The highest BCUT2D eigenvalue weighted by Gasteiger charge is 2.31. The van der Waals surface area contributed by atoms with E-state index in [0.717, 1.165) is 0 Å². The number of hydrogen-bond acceptors (Lipinski definition) is 7. The fourth-order valence-corrected chi connectivity index (χ4v) is 3.21. The Balaban J connectivity index is 2.97. The number of carbonyl (C=O) groups is 3. The summed E-state index contributed by atoms with van der Waals surface area (Å²) in [5, 5.41) is 0.313. The van der Waals surface area contributed by atoms with Crippen LogP contribution in [-0.4, -0.2) is 36.2 Å². The van der Waals surface area contributed by atoms with Gasteiger partial charge in [-0.05, 0) is 26.8 Å². The van der Waals surface area contributed by atoms with Crippen LogP contribution >= 0.6 is 23.2 Å². The number of aryl methyl sites for hydroxylation is 1. The molecule has 0 saturated carbocycles. The van der Waals surface area contributed by atoms with E-state index in [1.807, 2.05) is 0 Å². The minimum Gasteiger partial charge on any atom is -0.465 e. The summed E-state index contributed by atoms with van der Waals surface area (Å²) in [4.78, 5) is 41.0. The summed E-state index contributed by atoms with van der Waals surface area (Å²) in [6, 6.07) is 4.75. The number of carbonyl (C=O) groups excluding carboxylic acids is 3. The van der Waals surface area contributed by atoms with Gasteiger partial charge in [0.25, 0.3) is 0 Å². The SMILES string of the molecule is COC(=O)c1c(C)nc(COC(N)=O)c(C(=O)OC(C)C)c1-c1cccc(Cl)c1Cl. The topological polar surface area (TPSA) is 118 Å². The quantitative estimate of drug-likeness (QED) is 0.509. The number of benzene rings is 1. The second-order valence-electron chi connectivity index (χ2n) is 6.42. The predicted molar refractivity (Wildman–Crippen MR) is 111 cm³/mol. The second kappa shape index (κ2) is 9.77. The number of primary amides is 1. The normalized spacial score (nSPS) is 10.6. The summed E-state index contributed by atoms with van der Waals surface area (Å²) in [6.07, 6.45) is -1.54. The minimum atomic E-state index is -1.06. The molecule has 0 radical (unpaired) electrons. The van der Waals surface area contributed by atoms with Crippen LogP contribution in [0.15, 0.2) is 18.2 Å². The smallest absolute Gasteiger partial charge is 0.404 e. The van der Waals surface area contributed by atoms with Gasteiger partial charge < -0.3 is 19.9 Å². The van der Waals surface area contributed by atoms with Gasteiger partial charge in [-0.25, -0.2) is 14.4 Å². The molecule has 30 heavy (non-hydrogen) atoms. The standard InChI is InChI=1S/C20H20Cl2N2O6/c1-9(2)30-19(26)16-13(8-29-20(23)27)24-10(3)14(18(25)28-4)15(16)11-6-5-7-12(21)17(11)22/h5-7,9H,8H2,1-4H3,(H2,23,27). The van der Waals surface area contributed by atoms with E-state index in [2.05, 4.69) is 4.98 Å². The van der Waals surface area contributed by atoms with Gasteiger partial charge in [-0.2, -0.15) is 0 Å². The average molecular weight is 455 g/mol. The van der Waals surface area contributed by atoms with Crippen molar-refractivity contribution in [1.29, 1.82) is 0 Å². The molecule has 1 amide bonds. The highest BCUT2D eigenvalue weighted by Crippen LogP contribution is 2.39. The molecule has 0 fully saturated rings. The number of nitrogens with two attached hydrogens (primary N) is 1. The molecule has 1 aromatic carbocycles. The van der Waals surface area contributed by atoms with Crippen molar-refractivity contribution in [2.75, 3.05) is 7.11 Å². The molecular weight excluding hydrogens is 435 g/mol. The summed E-state index contributed by atoms with van der Waals surface area (Å²) in [7, 11) is 1.20. The fraction of sp³-hybridized carbons (Fsp3) is 0.300. The van der Waals surface area contributed by atoms with Gasteiger partial charge in [0.2, 0.25) is 0 Å². The second-order valence-corrected chi connectivity index (χ2v) is 7.21. The first-order valence-electron chi connectivity index (χ1n) is 8.77. The number of ether oxygens (including phenoxy) is 3. The van der Waals surface area contributed by atoms with Crippen LogP contribution in [0.1, 0.15) is 46.0 Å². The van der Waals surface area contributed by atoms with Gasteiger partial charge in [-0.3, -0.25) is 4.98 Å². The molecule has 160 valence electrons. The first-order chi connectivity index (χ1) is 14.1. The summed E-state index contributed by atoms with van der Waals surface area (Å²) < 4.78 is 15.1. The number of aromatic nitrogens is 1. The zero-order valence-electron chi connectivity index (χ0n) is 16.7. The van der Waals surface area contributed by atoms with Gasteiger partial charge in [-0.15, -0.1) is 0 Å². The Morgan fingerprint density at radius 1 is 1.13 bits per heavy atom. The van der Waals surface area contributed by atoms with Crippen LogP contribution in [0.4, 0.5) is 4.79 Å². The summed E-state index contributed by atoms with van der Waals surface area (Å²) in [6.45, 7) is 4.43. The van der Waals surface area contributed by atoms with E-state index in [9.17, 15) is 14.4 Å². The number of rotatable bonds is 6. The van der Waals surface area contributed by atoms with Gasteiger partial charge in [0.05, 0.1) is 45.8 Å². The lowest BCUT2D eigenvalue weighted by atomic mass is 9.92. The molecule has 0 unspecified atom stereocenters. The van der Waals surface area contributed by atoms with Crippen LogP contribution in [0.3, 0.4) is 0 Å². The zero-order valence-corrected chi connectivity index (χ0v) is 18.3. The van der Waals surface area contributed by atoms with Crippen molar-refractivity contribution in [1.82, 2.24) is 4.98 Å². The maximum Gasteiger partial charge on any atom is 0.404 e. The highest BCUT2D eigenvalue weighted by molar-refractivity contribution is 6.44. The lowest BCUT2D eigenvalue weighted by Gasteiger charge is -2.20. The molecule has 2 N–H and O–H groups in total. The Kier molecular flexibility index (Phi) is 7.64. The number of nitrogens with zero attached hydrogens (tertiary/aromatic N) is 1. The van der Waals surface area contributed by atoms with Crippen LogP contribution < -0.4 is 5.73 Å². The molecule has 8 nitrogen and oxygen atoms in total. The molecule has 2 aromatic rings. The van der Waals surface area contributed by atoms with E-state index < -0.39 is 30.7 Å². The van der Waals surface area contributed by atoms with Crippen LogP contribution in [0.5, 0.6) is 0 Å². The lowest BCUT2D eigenvalue weighted by Crippen LogP contribution is -2.22. The molecule has 0 bridgehead atoms. The number of amides is 1. The van der Waals surface area contributed by atoms with Gasteiger partial charge in [0.15, 0.2) is 0 Å². The van der Waals surface area contributed by atoms with E-state index in [4.69, 9.17) is 43.1 Å². The van der Waals surface area contributed by atoms with Crippen molar-refractivity contribution in [3.63, 3.8) is 0 Å². The van der Waals surface area contributed by atoms with Gasteiger partial charge in [0, 0.05) is 11.1 Å². The molecule has 0 aliphatic carbocycles. The molecule has 1 heterocycles. The molecule has 2 rings (SSSR count). The maximum absolute atomic E-state index is 13.0. The van der Waals surface area contributed by atoms with Crippen LogP contribution in [0, 0.1) is 6.92 Å². The first-order valence-corrected chi connectivity index (χ1v) is 9.53. The highest BCUT2D eigenvalue weighted by atomic mass is 35.5. The third-order valence-electron chi connectivity index (χ3n) is 3.96. The van der Waals surface area contributed by atoms with Crippen LogP contribution in [0.2, 0.25) is 10.0 Å².